The SMILES string of the molecule is CC1CC(NCC(C)N2CCCC2)CS1. The Morgan fingerprint density at radius 2 is 2.13 bits per heavy atom. The first kappa shape index (κ1) is 11.7. The van der Waals surface area contributed by atoms with E-state index < -0.39 is 0 Å². The zero-order valence-electron chi connectivity index (χ0n) is 10.0. The second-order valence-corrected chi connectivity index (χ2v) is 6.55. The van der Waals surface area contributed by atoms with Gasteiger partial charge in [0.25, 0.3) is 0 Å². The van der Waals surface area contributed by atoms with Gasteiger partial charge in [0.2, 0.25) is 0 Å². The zero-order chi connectivity index (χ0) is 10.7. The summed E-state index contributed by atoms with van der Waals surface area (Å²) in [4.78, 5) is 2.62. The van der Waals surface area contributed by atoms with Gasteiger partial charge in [-0.05, 0) is 39.3 Å². The van der Waals surface area contributed by atoms with Gasteiger partial charge in [-0.25, -0.2) is 0 Å². The fourth-order valence-electron chi connectivity index (χ4n) is 2.61. The van der Waals surface area contributed by atoms with Crippen LogP contribution < -0.4 is 5.32 Å². The van der Waals surface area contributed by atoms with Gasteiger partial charge in [-0.2, -0.15) is 11.8 Å². The van der Waals surface area contributed by atoms with Gasteiger partial charge in [0.1, 0.15) is 0 Å². The molecule has 2 fully saturated rings. The predicted octanol–water partition coefficient (Wildman–Crippen LogP) is 1.95. The molecule has 0 saturated carbocycles. The van der Waals surface area contributed by atoms with Crippen molar-refractivity contribution >= 4 is 11.8 Å². The van der Waals surface area contributed by atoms with E-state index in [1.165, 1.54) is 44.6 Å². The van der Waals surface area contributed by atoms with E-state index in [-0.39, 0.29) is 0 Å². The Morgan fingerprint density at radius 3 is 2.73 bits per heavy atom. The molecule has 15 heavy (non-hydrogen) atoms. The first-order chi connectivity index (χ1) is 7.25. The standard InChI is InChI=1S/C12H24N2S/c1-10(14-5-3-4-6-14)8-13-12-7-11(2)15-9-12/h10-13H,3-9H2,1-2H3. The summed E-state index contributed by atoms with van der Waals surface area (Å²) in [5.41, 5.74) is 0. The molecule has 2 heterocycles. The molecule has 88 valence electrons. The van der Waals surface area contributed by atoms with Gasteiger partial charge in [-0.1, -0.05) is 6.92 Å². The summed E-state index contributed by atoms with van der Waals surface area (Å²) < 4.78 is 0. The van der Waals surface area contributed by atoms with Crippen molar-refractivity contribution in [1.29, 1.82) is 0 Å². The molecule has 3 unspecified atom stereocenters. The number of rotatable bonds is 4. The zero-order valence-corrected chi connectivity index (χ0v) is 10.9. The van der Waals surface area contributed by atoms with Crippen molar-refractivity contribution in [3.05, 3.63) is 0 Å². The molecular weight excluding hydrogens is 204 g/mol. The highest BCUT2D eigenvalue weighted by Gasteiger charge is 2.23. The minimum absolute atomic E-state index is 0.730. The van der Waals surface area contributed by atoms with E-state index in [1.807, 2.05) is 0 Å². The second-order valence-electron chi connectivity index (χ2n) is 5.08. The van der Waals surface area contributed by atoms with Crippen LogP contribution in [-0.4, -0.2) is 47.6 Å². The van der Waals surface area contributed by atoms with Crippen LogP contribution in [0.5, 0.6) is 0 Å². The number of hydrogen-bond donors (Lipinski definition) is 1. The van der Waals surface area contributed by atoms with E-state index in [0.29, 0.717) is 0 Å². The highest BCUT2D eigenvalue weighted by molar-refractivity contribution is 8.00. The summed E-state index contributed by atoms with van der Waals surface area (Å²) >= 11 is 2.11. The van der Waals surface area contributed by atoms with Crippen molar-refractivity contribution < 1.29 is 0 Å². The molecule has 0 aromatic rings. The number of likely N-dealkylation sites (tertiary alicyclic amines) is 1. The number of thioether (sulfide) groups is 1. The number of nitrogens with zero attached hydrogens (tertiary/aromatic N) is 1. The molecule has 3 atom stereocenters. The Hall–Kier alpha value is 0.270. The van der Waals surface area contributed by atoms with Crippen LogP contribution in [0.25, 0.3) is 0 Å². The smallest absolute Gasteiger partial charge is 0.0192 e. The highest BCUT2D eigenvalue weighted by atomic mass is 32.2. The normalized spacial score (nSPS) is 34.8. The van der Waals surface area contributed by atoms with E-state index in [2.05, 4.69) is 35.8 Å². The topological polar surface area (TPSA) is 15.3 Å². The molecule has 2 rings (SSSR count). The summed E-state index contributed by atoms with van der Waals surface area (Å²) in [5.74, 6) is 1.31. The van der Waals surface area contributed by atoms with Gasteiger partial charge in [0.05, 0.1) is 0 Å². The minimum Gasteiger partial charge on any atom is -0.312 e. The van der Waals surface area contributed by atoms with Crippen LogP contribution in [0.15, 0.2) is 0 Å². The van der Waals surface area contributed by atoms with Crippen molar-refractivity contribution in [2.75, 3.05) is 25.4 Å². The number of hydrogen-bond acceptors (Lipinski definition) is 3. The quantitative estimate of drug-likeness (QED) is 0.792. The van der Waals surface area contributed by atoms with Crippen molar-refractivity contribution in [2.45, 2.75) is 50.4 Å². The summed E-state index contributed by atoms with van der Waals surface area (Å²) in [5, 5.41) is 4.59. The molecule has 3 heteroatoms. The molecule has 0 bridgehead atoms. The number of nitrogens with one attached hydrogen (secondary N) is 1. The molecule has 2 aliphatic heterocycles. The molecule has 2 aliphatic rings. The molecule has 0 amide bonds. The minimum atomic E-state index is 0.730. The van der Waals surface area contributed by atoms with Gasteiger partial charge in [0.15, 0.2) is 0 Å². The molecular formula is C12H24N2S. The lowest BCUT2D eigenvalue weighted by molar-refractivity contribution is 0.247. The lowest BCUT2D eigenvalue weighted by atomic mass is 10.2. The van der Waals surface area contributed by atoms with Gasteiger partial charge in [-0.3, -0.25) is 4.90 Å². The molecule has 0 aromatic heterocycles. The Labute approximate surface area is 98.2 Å². The molecule has 0 aromatic carbocycles. The van der Waals surface area contributed by atoms with Crippen molar-refractivity contribution in [3.63, 3.8) is 0 Å². The van der Waals surface area contributed by atoms with Gasteiger partial charge < -0.3 is 5.32 Å². The van der Waals surface area contributed by atoms with Crippen LogP contribution in [-0.2, 0) is 0 Å². The summed E-state index contributed by atoms with van der Waals surface area (Å²) in [6.07, 6.45) is 4.17. The van der Waals surface area contributed by atoms with E-state index in [0.717, 1.165) is 17.3 Å². The van der Waals surface area contributed by atoms with Crippen LogP contribution in [0, 0.1) is 0 Å². The summed E-state index contributed by atoms with van der Waals surface area (Å²) in [6.45, 7) is 8.52. The van der Waals surface area contributed by atoms with Gasteiger partial charge in [-0.15, -0.1) is 0 Å². The molecule has 0 radical (unpaired) electrons. The fraction of sp³-hybridized carbons (Fsp3) is 1.00. The van der Waals surface area contributed by atoms with Crippen LogP contribution in [0.4, 0.5) is 0 Å². The lowest BCUT2D eigenvalue weighted by Crippen LogP contribution is -2.42. The van der Waals surface area contributed by atoms with Gasteiger partial charge >= 0.3 is 0 Å². The molecule has 0 spiro atoms. The Bertz CT molecular complexity index is 192. The second kappa shape index (κ2) is 5.55. The summed E-state index contributed by atoms with van der Waals surface area (Å²) in [7, 11) is 0. The Morgan fingerprint density at radius 1 is 1.40 bits per heavy atom. The van der Waals surface area contributed by atoms with E-state index in [9.17, 15) is 0 Å². The first-order valence-corrected chi connectivity index (χ1v) is 7.39. The average Bonchev–Trinajstić information content (AvgIpc) is 2.84. The maximum Gasteiger partial charge on any atom is 0.0192 e. The van der Waals surface area contributed by atoms with Crippen molar-refractivity contribution in [2.24, 2.45) is 0 Å². The molecule has 2 nitrogen and oxygen atoms in total. The maximum atomic E-state index is 3.73. The van der Waals surface area contributed by atoms with Crippen LogP contribution >= 0.6 is 11.8 Å². The monoisotopic (exact) mass is 228 g/mol. The lowest BCUT2D eigenvalue weighted by Gasteiger charge is -2.25. The largest absolute Gasteiger partial charge is 0.312 e. The molecule has 0 aliphatic carbocycles. The maximum absolute atomic E-state index is 3.73. The van der Waals surface area contributed by atoms with E-state index in [1.54, 1.807) is 0 Å². The van der Waals surface area contributed by atoms with E-state index in [4.69, 9.17) is 0 Å². The third-order valence-electron chi connectivity index (χ3n) is 3.66. The fourth-order valence-corrected chi connectivity index (χ4v) is 3.79. The Balaban J connectivity index is 1.64. The first-order valence-electron chi connectivity index (χ1n) is 6.34. The van der Waals surface area contributed by atoms with Crippen LogP contribution in [0.1, 0.15) is 33.1 Å². The highest BCUT2D eigenvalue weighted by Crippen LogP contribution is 2.25. The third-order valence-corrected chi connectivity index (χ3v) is 5.02. The molecule has 2 saturated heterocycles. The molecule has 1 N–H and O–H groups in total. The van der Waals surface area contributed by atoms with Crippen molar-refractivity contribution in [3.8, 4) is 0 Å². The Kier molecular flexibility index (Phi) is 4.35. The van der Waals surface area contributed by atoms with Crippen LogP contribution in [0.2, 0.25) is 0 Å². The predicted molar refractivity (Wildman–Crippen MR) is 68.6 cm³/mol. The average molecular weight is 228 g/mol. The van der Waals surface area contributed by atoms with Gasteiger partial charge in [0, 0.05) is 29.6 Å². The van der Waals surface area contributed by atoms with E-state index >= 15 is 0 Å². The third kappa shape index (κ3) is 3.36. The van der Waals surface area contributed by atoms with Crippen molar-refractivity contribution in [1.82, 2.24) is 10.2 Å². The summed E-state index contributed by atoms with van der Waals surface area (Å²) in [6, 6.07) is 1.50. The van der Waals surface area contributed by atoms with Crippen LogP contribution in [0.3, 0.4) is 0 Å².